The summed E-state index contributed by atoms with van der Waals surface area (Å²) < 4.78 is 50.9. The van der Waals surface area contributed by atoms with E-state index in [1.807, 2.05) is 20.8 Å². The van der Waals surface area contributed by atoms with Gasteiger partial charge in [-0.3, -0.25) is 9.59 Å². The van der Waals surface area contributed by atoms with Crippen molar-refractivity contribution in [2.45, 2.75) is 127 Å². The van der Waals surface area contributed by atoms with Crippen LogP contribution in [-0.2, 0) is 42.7 Å². The normalized spacial score (nSPS) is 29.3. The summed E-state index contributed by atoms with van der Waals surface area (Å²) in [5.74, 6) is 1.22. The van der Waals surface area contributed by atoms with Crippen molar-refractivity contribution in [1.82, 2.24) is 30.2 Å². The molecule has 6 saturated heterocycles. The molecule has 0 bridgehead atoms. The minimum atomic E-state index is -0.504. The molecule has 0 aliphatic carbocycles. The van der Waals surface area contributed by atoms with Crippen LogP contribution in [0.3, 0.4) is 0 Å². The van der Waals surface area contributed by atoms with Crippen molar-refractivity contribution in [3.05, 3.63) is 24.5 Å². The van der Waals surface area contributed by atoms with E-state index in [0.29, 0.717) is 62.6 Å². The van der Waals surface area contributed by atoms with Crippen molar-refractivity contribution >= 4 is 29.9 Å². The van der Waals surface area contributed by atoms with Gasteiger partial charge in [-0.25, -0.2) is 14.8 Å². The monoisotopic (exact) mass is 828 g/mol. The van der Waals surface area contributed by atoms with E-state index in [2.05, 4.69) is 35.9 Å². The van der Waals surface area contributed by atoms with Crippen molar-refractivity contribution in [2.75, 3.05) is 63.2 Å². The third kappa shape index (κ3) is 11.6. The Hall–Kier alpha value is -4.63. The predicted molar refractivity (Wildman–Crippen MR) is 207 cm³/mol. The summed E-state index contributed by atoms with van der Waals surface area (Å²) in [5, 5.41) is 10.0. The molecule has 0 unspecified atom stereocenters. The fourth-order valence-corrected chi connectivity index (χ4v) is 7.82. The van der Waals surface area contributed by atoms with E-state index < -0.39 is 11.7 Å². The molecule has 20 nitrogen and oxygen atoms in total. The van der Waals surface area contributed by atoms with Crippen LogP contribution < -0.4 is 25.4 Å². The number of anilines is 2. The molecule has 8 atom stereocenters. The van der Waals surface area contributed by atoms with Crippen LogP contribution in [0.1, 0.15) is 60.3 Å². The third-order valence-electron chi connectivity index (χ3n) is 10.5. The fraction of sp³-hybridized carbons (Fsp3) is 0.718. The molecular weight excluding hydrogens is 772 g/mol. The van der Waals surface area contributed by atoms with E-state index in [9.17, 15) is 14.4 Å². The molecule has 6 fully saturated rings. The molecule has 324 valence electrons. The number of aromatic nitrogens is 4. The maximum absolute atomic E-state index is 12.2. The molecule has 6 aliphatic heterocycles. The van der Waals surface area contributed by atoms with E-state index in [4.69, 9.17) is 42.6 Å². The number of ether oxygens (including phenoxy) is 9. The van der Waals surface area contributed by atoms with Crippen LogP contribution in [0.5, 0.6) is 11.8 Å². The summed E-state index contributed by atoms with van der Waals surface area (Å²) in [6, 6.07) is 3.91. The van der Waals surface area contributed by atoms with Gasteiger partial charge in [-0.15, -0.1) is 0 Å². The minimum absolute atomic E-state index is 0.140. The lowest BCUT2D eigenvalue weighted by atomic mass is 10.1. The summed E-state index contributed by atoms with van der Waals surface area (Å²) in [5.41, 5.74) is -0.504. The minimum Gasteiger partial charge on any atom is -0.469 e. The van der Waals surface area contributed by atoms with Crippen LogP contribution in [0, 0.1) is 0 Å². The lowest BCUT2D eigenvalue weighted by Gasteiger charge is -2.33. The fourth-order valence-electron chi connectivity index (χ4n) is 7.82. The summed E-state index contributed by atoms with van der Waals surface area (Å²) in [4.78, 5) is 53.9. The Kier molecular flexibility index (Phi) is 13.8. The molecule has 0 radical (unpaired) electrons. The highest BCUT2D eigenvalue weighted by Crippen LogP contribution is 2.33. The first-order chi connectivity index (χ1) is 28.4. The van der Waals surface area contributed by atoms with Crippen LogP contribution >= 0.6 is 0 Å². The second-order valence-electron chi connectivity index (χ2n) is 16.3. The second-order valence-corrected chi connectivity index (χ2v) is 16.3. The van der Waals surface area contributed by atoms with Crippen molar-refractivity contribution in [3.8, 4) is 11.8 Å². The van der Waals surface area contributed by atoms with Crippen LogP contribution in [0.4, 0.5) is 16.7 Å². The van der Waals surface area contributed by atoms with Gasteiger partial charge in [0.25, 0.3) is 0 Å². The zero-order valence-electron chi connectivity index (χ0n) is 34.2. The highest BCUT2D eigenvalue weighted by molar-refractivity contribution is 5.68. The molecule has 0 aromatic carbocycles. The summed E-state index contributed by atoms with van der Waals surface area (Å²) >= 11 is 0. The highest BCUT2D eigenvalue weighted by Gasteiger charge is 2.52. The first kappa shape index (κ1) is 42.5. The molecule has 6 aliphatic rings. The Balaban J connectivity index is 0.000000184. The van der Waals surface area contributed by atoms with Gasteiger partial charge >= 0.3 is 18.0 Å². The number of nitrogens with one attached hydrogen (secondary N) is 3. The van der Waals surface area contributed by atoms with Crippen molar-refractivity contribution < 1.29 is 57.0 Å². The van der Waals surface area contributed by atoms with Gasteiger partial charge in [0.1, 0.15) is 30.0 Å². The van der Waals surface area contributed by atoms with Gasteiger partial charge in [0.05, 0.1) is 26.4 Å². The Labute approximate surface area is 343 Å². The number of carbonyl (C=O) groups is 3. The summed E-state index contributed by atoms with van der Waals surface area (Å²) in [7, 11) is 0. The highest BCUT2D eigenvalue weighted by atomic mass is 16.7. The van der Waals surface area contributed by atoms with Gasteiger partial charge in [-0.1, -0.05) is 0 Å². The van der Waals surface area contributed by atoms with Crippen molar-refractivity contribution in [2.24, 2.45) is 0 Å². The van der Waals surface area contributed by atoms with Gasteiger partial charge in [-0.2, -0.15) is 9.97 Å². The molecule has 8 rings (SSSR count). The number of hydrogen-bond donors (Lipinski definition) is 3. The number of rotatable bonds is 10. The SMILES string of the molecule is CC(=O)O[C@H]1CO[C@H]2[C@@H]1OC[C@@H]2Oc1ccnc(NC2CCN(C(=O)OC(C)(C)C)CC2)n1.CC(=O)O[C@H]1CO[C@H]2[C@@H]1OC[C@@H]2Oc1ccnc(NC2CCNCC2)n1. The van der Waals surface area contributed by atoms with Gasteiger partial charge in [0, 0.05) is 63.5 Å². The smallest absolute Gasteiger partial charge is 0.410 e. The van der Waals surface area contributed by atoms with E-state index in [1.165, 1.54) is 13.8 Å². The number of piperidine rings is 2. The van der Waals surface area contributed by atoms with Crippen molar-refractivity contribution in [1.29, 1.82) is 0 Å². The van der Waals surface area contributed by atoms with Crippen LogP contribution in [0.15, 0.2) is 24.5 Å². The van der Waals surface area contributed by atoms with Gasteiger partial charge in [0.15, 0.2) is 24.4 Å². The molecular formula is C39H56N8O12. The van der Waals surface area contributed by atoms with E-state index >= 15 is 0 Å². The van der Waals surface area contributed by atoms with E-state index in [1.54, 1.807) is 29.4 Å². The molecule has 0 saturated carbocycles. The van der Waals surface area contributed by atoms with Gasteiger partial charge in [0.2, 0.25) is 23.7 Å². The number of esters is 2. The van der Waals surface area contributed by atoms with E-state index in [-0.39, 0.29) is 73.4 Å². The molecule has 1 amide bonds. The number of carbonyl (C=O) groups excluding carboxylic acids is 3. The average Bonchev–Trinajstić information content (AvgIpc) is 3.98. The topological polar surface area (TPSA) is 225 Å². The number of fused-ring (bicyclic) bond motifs is 2. The van der Waals surface area contributed by atoms with Crippen LogP contribution in [0.2, 0.25) is 0 Å². The Morgan fingerprint density at radius 1 is 0.678 bits per heavy atom. The number of amides is 1. The molecule has 20 heteroatoms. The third-order valence-corrected chi connectivity index (χ3v) is 10.5. The molecule has 0 spiro atoms. The van der Waals surface area contributed by atoms with Crippen molar-refractivity contribution in [3.63, 3.8) is 0 Å². The number of likely N-dealkylation sites (tertiary alicyclic amines) is 1. The molecule has 2 aromatic heterocycles. The van der Waals surface area contributed by atoms with E-state index in [0.717, 1.165) is 38.8 Å². The summed E-state index contributed by atoms with van der Waals surface area (Å²) in [6.45, 7) is 12.8. The molecule has 8 heterocycles. The van der Waals surface area contributed by atoms with Gasteiger partial charge in [-0.05, 0) is 59.5 Å². The zero-order chi connectivity index (χ0) is 41.5. The standard InChI is InChI=1S/C22H32N4O7.C17H24N4O5/c1-13(27)31-15-11-29-19-16(12-30-18(15)19)32-17-5-8-23-20(25-17)24-14-6-9-26(10-7-14)21(28)33-22(2,3)4;1-10(22)25-12-8-23-16-13(9-24-15(12)16)26-14-4-7-19-17(21-14)20-11-2-5-18-6-3-11/h5,8,14-16,18-19H,6-7,9-12H2,1-4H3,(H,23,24,25);4,7,11-13,15-16,18H,2-3,5-6,8-9H2,1H3,(H,19,20,21)/t15-,16-,18+,19+;12-,13-,15+,16+/m00/s1. The second kappa shape index (κ2) is 19.2. The zero-order valence-corrected chi connectivity index (χ0v) is 34.2. The Bertz CT molecular complexity index is 1740. The first-order valence-corrected chi connectivity index (χ1v) is 20.4. The lowest BCUT2D eigenvalue weighted by Crippen LogP contribution is -2.44. The molecule has 3 N–H and O–H groups in total. The quantitative estimate of drug-likeness (QED) is 0.230. The van der Waals surface area contributed by atoms with Gasteiger partial charge < -0.3 is 63.5 Å². The first-order valence-electron chi connectivity index (χ1n) is 20.4. The summed E-state index contributed by atoms with van der Waals surface area (Å²) in [6.07, 6.45) is 3.97. The van der Waals surface area contributed by atoms with Crippen LogP contribution in [-0.4, -0.2) is 162 Å². The van der Waals surface area contributed by atoms with Crippen LogP contribution in [0.25, 0.3) is 0 Å². The molecule has 59 heavy (non-hydrogen) atoms. The average molecular weight is 829 g/mol. The predicted octanol–water partition coefficient (Wildman–Crippen LogP) is 1.88. The number of hydrogen-bond acceptors (Lipinski definition) is 19. The molecule has 2 aromatic rings. The Morgan fingerprint density at radius 3 is 1.54 bits per heavy atom. The number of nitrogens with zero attached hydrogens (tertiary/aromatic N) is 5. The largest absolute Gasteiger partial charge is 0.469 e. The Morgan fingerprint density at radius 2 is 1.10 bits per heavy atom. The maximum atomic E-state index is 12.2. The lowest BCUT2D eigenvalue weighted by molar-refractivity contribution is -0.151. The maximum Gasteiger partial charge on any atom is 0.410 e.